The molecule has 0 saturated carbocycles. The first-order valence-corrected chi connectivity index (χ1v) is 6.01. The van der Waals surface area contributed by atoms with Crippen molar-refractivity contribution in [3.05, 3.63) is 0 Å². The molecule has 15 heavy (non-hydrogen) atoms. The van der Waals surface area contributed by atoms with E-state index in [0.717, 1.165) is 19.3 Å². The Morgan fingerprint density at radius 2 is 1.93 bits per heavy atom. The van der Waals surface area contributed by atoms with Crippen LogP contribution in [-0.2, 0) is 4.79 Å². The SMILES string of the molecule is CCCC(CN)C(=O)NC(C)CC(C)C. The lowest BCUT2D eigenvalue weighted by Crippen LogP contribution is -2.40. The van der Waals surface area contributed by atoms with Crippen molar-refractivity contribution in [2.75, 3.05) is 6.54 Å². The van der Waals surface area contributed by atoms with E-state index >= 15 is 0 Å². The Labute approximate surface area is 93.8 Å². The first-order valence-electron chi connectivity index (χ1n) is 6.01. The fraction of sp³-hybridized carbons (Fsp3) is 0.917. The molecule has 0 aromatic rings. The number of carbonyl (C=O) groups is 1. The van der Waals surface area contributed by atoms with E-state index < -0.39 is 0 Å². The summed E-state index contributed by atoms with van der Waals surface area (Å²) < 4.78 is 0. The number of nitrogens with one attached hydrogen (secondary N) is 1. The summed E-state index contributed by atoms with van der Waals surface area (Å²) in [5, 5.41) is 3.03. The van der Waals surface area contributed by atoms with Gasteiger partial charge >= 0.3 is 0 Å². The summed E-state index contributed by atoms with van der Waals surface area (Å²) in [6.07, 6.45) is 2.92. The van der Waals surface area contributed by atoms with E-state index in [-0.39, 0.29) is 17.9 Å². The zero-order chi connectivity index (χ0) is 11.8. The van der Waals surface area contributed by atoms with Gasteiger partial charge in [-0.05, 0) is 25.7 Å². The minimum atomic E-state index is -0.00962. The summed E-state index contributed by atoms with van der Waals surface area (Å²) in [6, 6.07) is 0.253. The molecule has 0 fully saturated rings. The van der Waals surface area contributed by atoms with Crippen LogP contribution in [0.25, 0.3) is 0 Å². The third-order valence-corrected chi connectivity index (χ3v) is 2.51. The van der Waals surface area contributed by atoms with E-state index in [1.54, 1.807) is 0 Å². The maximum atomic E-state index is 11.8. The molecule has 90 valence electrons. The summed E-state index contributed by atoms with van der Waals surface area (Å²) in [5.74, 6) is 0.722. The molecule has 0 spiro atoms. The largest absolute Gasteiger partial charge is 0.353 e. The molecule has 3 heteroatoms. The zero-order valence-corrected chi connectivity index (χ0v) is 10.5. The van der Waals surface area contributed by atoms with Crippen molar-refractivity contribution in [1.82, 2.24) is 5.32 Å². The second-order valence-electron chi connectivity index (χ2n) is 4.76. The predicted molar refractivity (Wildman–Crippen MR) is 64.5 cm³/mol. The lowest BCUT2D eigenvalue weighted by atomic mass is 10.0. The van der Waals surface area contributed by atoms with E-state index in [0.29, 0.717) is 12.5 Å². The van der Waals surface area contributed by atoms with Gasteiger partial charge in [0.2, 0.25) is 5.91 Å². The average molecular weight is 214 g/mol. The van der Waals surface area contributed by atoms with Crippen LogP contribution in [0.3, 0.4) is 0 Å². The molecular weight excluding hydrogens is 188 g/mol. The van der Waals surface area contributed by atoms with Crippen molar-refractivity contribution >= 4 is 5.91 Å². The van der Waals surface area contributed by atoms with Gasteiger partial charge in [-0.3, -0.25) is 4.79 Å². The van der Waals surface area contributed by atoms with Crippen molar-refractivity contribution in [3.8, 4) is 0 Å². The van der Waals surface area contributed by atoms with Crippen LogP contribution in [0.1, 0.15) is 47.0 Å². The van der Waals surface area contributed by atoms with Gasteiger partial charge in [-0.1, -0.05) is 27.2 Å². The van der Waals surface area contributed by atoms with Gasteiger partial charge in [-0.25, -0.2) is 0 Å². The minimum absolute atomic E-state index is 0.00962. The van der Waals surface area contributed by atoms with Crippen molar-refractivity contribution in [3.63, 3.8) is 0 Å². The Hall–Kier alpha value is -0.570. The van der Waals surface area contributed by atoms with Crippen molar-refractivity contribution in [2.45, 2.75) is 53.0 Å². The maximum absolute atomic E-state index is 11.8. The summed E-state index contributed by atoms with van der Waals surface area (Å²) >= 11 is 0. The van der Waals surface area contributed by atoms with Gasteiger partial charge in [0.15, 0.2) is 0 Å². The van der Waals surface area contributed by atoms with Crippen LogP contribution >= 0.6 is 0 Å². The highest BCUT2D eigenvalue weighted by Crippen LogP contribution is 2.08. The smallest absolute Gasteiger partial charge is 0.224 e. The number of nitrogens with two attached hydrogens (primary N) is 1. The molecule has 0 rings (SSSR count). The van der Waals surface area contributed by atoms with Crippen LogP contribution in [0.15, 0.2) is 0 Å². The molecule has 3 N–H and O–H groups in total. The van der Waals surface area contributed by atoms with Crippen LogP contribution < -0.4 is 11.1 Å². The predicted octanol–water partition coefficient (Wildman–Crippen LogP) is 1.91. The highest BCUT2D eigenvalue weighted by atomic mass is 16.1. The van der Waals surface area contributed by atoms with Gasteiger partial charge in [0.05, 0.1) is 5.92 Å². The normalized spacial score (nSPS) is 15.1. The second-order valence-corrected chi connectivity index (χ2v) is 4.76. The van der Waals surface area contributed by atoms with Crippen molar-refractivity contribution in [2.24, 2.45) is 17.6 Å². The number of carbonyl (C=O) groups excluding carboxylic acids is 1. The highest BCUT2D eigenvalue weighted by molar-refractivity contribution is 5.79. The van der Waals surface area contributed by atoms with E-state index in [1.165, 1.54) is 0 Å². The van der Waals surface area contributed by atoms with Crippen molar-refractivity contribution in [1.29, 1.82) is 0 Å². The van der Waals surface area contributed by atoms with E-state index in [1.807, 2.05) is 0 Å². The Kier molecular flexibility index (Phi) is 7.39. The first kappa shape index (κ1) is 14.4. The van der Waals surface area contributed by atoms with Gasteiger partial charge in [-0.15, -0.1) is 0 Å². The first-order chi connectivity index (χ1) is 7.01. The molecule has 0 aliphatic carbocycles. The summed E-state index contributed by atoms with van der Waals surface area (Å²) in [4.78, 5) is 11.8. The molecule has 0 aliphatic heterocycles. The fourth-order valence-electron chi connectivity index (χ4n) is 1.83. The molecule has 2 unspecified atom stereocenters. The van der Waals surface area contributed by atoms with Crippen molar-refractivity contribution < 1.29 is 4.79 Å². The summed E-state index contributed by atoms with van der Waals surface area (Å²) in [6.45, 7) is 8.91. The number of hydrogen-bond donors (Lipinski definition) is 2. The average Bonchev–Trinajstić information content (AvgIpc) is 2.12. The molecule has 0 radical (unpaired) electrons. The lowest BCUT2D eigenvalue weighted by Gasteiger charge is -2.20. The zero-order valence-electron chi connectivity index (χ0n) is 10.5. The molecule has 0 aromatic carbocycles. The third kappa shape index (κ3) is 6.50. The molecule has 2 atom stereocenters. The van der Waals surface area contributed by atoms with Gasteiger partial charge < -0.3 is 11.1 Å². The topological polar surface area (TPSA) is 55.1 Å². The third-order valence-electron chi connectivity index (χ3n) is 2.51. The Morgan fingerprint density at radius 3 is 2.33 bits per heavy atom. The fourth-order valence-corrected chi connectivity index (χ4v) is 1.83. The van der Waals surface area contributed by atoms with Crippen LogP contribution in [-0.4, -0.2) is 18.5 Å². The molecule has 0 aliphatic rings. The van der Waals surface area contributed by atoms with E-state index in [2.05, 4.69) is 33.0 Å². The van der Waals surface area contributed by atoms with Crippen LogP contribution in [0.2, 0.25) is 0 Å². The number of hydrogen-bond acceptors (Lipinski definition) is 2. The van der Waals surface area contributed by atoms with Crippen LogP contribution in [0, 0.1) is 11.8 Å². The van der Waals surface area contributed by atoms with Gasteiger partial charge in [0, 0.05) is 12.6 Å². The lowest BCUT2D eigenvalue weighted by molar-refractivity contribution is -0.125. The molecule has 0 bridgehead atoms. The van der Waals surface area contributed by atoms with Crippen LogP contribution in [0.5, 0.6) is 0 Å². The molecule has 0 aromatic heterocycles. The Balaban J connectivity index is 3.98. The van der Waals surface area contributed by atoms with Crippen LogP contribution in [0.4, 0.5) is 0 Å². The van der Waals surface area contributed by atoms with Gasteiger partial charge in [-0.2, -0.15) is 0 Å². The molecule has 0 saturated heterocycles. The quantitative estimate of drug-likeness (QED) is 0.680. The number of rotatable bonds is 7. The van der Waals surface area contributed by atoms with Gasteiger partial charge in [0.25, 0.3) is 0 Å². The standard InChI is InChI=1S/C12H26N2O/c1-5-6-11(8-13)12(15)14-10(4)7-9(2)3/h9-11H,5-8,13H2,1-4H3,(H,14,15). The maximum Gasteiger partial charge on any atom is 0.224 e. The Morgan fingerprint density at radius 1 is 1.33 bits per heavy atom. The van der Waals surface area contributed by atoms with E-state index in [9.17, 15) is 4.79 Å². The highest BCUT2D eigenvalue weighted by Gasteiger charge is 2.17. The van der Waals surface area contributed by atoms with Gasteiger partial charge in [0.1, 0.15) is 0 Å². The minimum Gasteiger partial charge on any atom is -0.353 e. The Bertz CT molecular complexity index is 180. The van der Waals surface area contributed by atoms with E-state index in [4.69, 9.17) is 5.73 Å². The second kappa shape index (κ2) is 7.69. The summed E-state index contributed by atoms with van der Waals surface area (Å²) in [7, 11) is 0. The molecule has 1 amide bonds. The molecule has 3 nitrogen and oxygen atoms in total. The molecule has 0 heterocycles. The number of amides is 1. The monoisotopic (exact) mass is 214 g/mol. The summed E-state index contributed by atoms with van der Waals surface area (Å²) in [5.41, 5.74) is 5.58. The molecular formula is C12H26N2O.